The summed E-state index contributed by atoms with van der Waals surface area (Å²) in [6.07, 6.45) is 6.91. The van der Waals surface area contributed by atoms with Crippen LogP contribution in [-0.4, -0.2) is 22.8 Å². The number of hydrogen-bond donors (Lipinski definition) is 1. The van der Waals surface area contributed by atoms with Gasteiger partial charge in [-0.2, -0.15) is 0 Å². The van der Waals surface area contributed by atoms with Crippen LogP contribution in [0, 0.1) is 6.92 Å². The van der Waals surface area contributed by atoms with E-state index < -0.39 is 6.10 Å². The van der Waals surface area contributed by atoms with Crippen LogP contribution in [0.15, 0.2) is 77.3 Å². The molecule has 1 atom stereocenters. The number of esters is 1. The van der Waals surface area contributed by atoms with Crippen molar-refractivity contribution in [1.82, 2.24) is 5.16 Å². The third kappa shape index (κ3) is 6.75. The second kappa shape index (κ2) is 12.6. The number of carbonyl (C=O) groups excluding carboxylic acids is 1. The molecule has 1 N–H and O–H groups in total. The van der Waals surface area contributed by atoms with Crippen LogP contribution in [0.5, 0.6) is 0 Å². The zero-order chi connectivity index (χ0) is 29.0. The summed E-state index contributed by atoms with van der Waals surface area (Å²) in [6.45, 7) is 4.10. The number of aromatic nitrogens is 1. The third-order valence-corrected chi connectivity index (χ3v) is 8.46. The van der Waals surface area contributed by atoms with Crippen molar-refractivity contribution in [1.29, 1.82) is 0 Å². The van der Waals surface area contributed by atoms with Gasteiger partial charge in [-0.15, -0.1) is 0 Å². The van der Waals surface area contributed by atoms with Crippen molar-refractivity contribution < 1.29 is 19.2 Å². The van der Waals surface area contributed by atoms with Gasteiger partial charge in [0.1, 0.15) is 0 Å². The zero-order valence-corrected chi connectivity index (χ0v) is 24.7. The minimum atomic E-state index is -0.716. The zero-order valence-electron chi connectivity index (χ0n) is 23.2. The van der Waals surface area contributed by atoms with Crippen LogP contribution in [0.3, 0.4) is 0 Å². The molecule has 212 valence electrons. The molecule has 3 aromatic carbocycles. The van der Waals surface area contributed by atoms with E-state index in [9.17, 15) is 9.90 Å². The van der Waals surface area contributed by atoms with Gasteiger partial charge in [0.2, 0.25) is 0 Å². The molecule has 7 heteroatoms. The number of aryl methyl sites for hydroxylation is 1. The maximum Gasteiger partial charge on any atom is 0.306 e. The SMILES string of the molecule is CCOC(=O)CC1(c2ccc(-c3ccc(-c4onc(C)c4C(O)CC/C=C/c4ccc(Cl)c(Cl)c4)cc3)cc2)CC1. The summed E-state index contributed by atoms with van der Waals surface area (Å²) in [7, 11) is 0. The van der Waals surface area contributed by atoms with E-state index >= 15 is 0 Å². The molecule has 1 aromatic heterocycles. The molecular weight excluding hydrogens is 557 g/mol. The van der Waals surface area contributed by atoms with Gasteiger partial charge >= 0.3 is 5.97 Å². The normalized spacial score (nSPS) is 14.8. The van der Waals surface area contributed by atoms with Crippen molar-refractivity contribution >= 4 is 35.2 Å². The lowest BCUT2D eigenvalue weighted by Gasteiger charge is -2.15. The third-order valence-electron chi connectivity index (χ3n) is 7.72. The number of nitrogens with zero attached hydrogens (tertiary/aromatic N) is 1. The fourth-order valence-electron chi connectivity index (χ4n) is 5.25. The number of ether oxygens (including phenoxy) is 1. The van der Waals surface area contributed by atoms with E-state index in [1.807, 2.05) is 62.4 Å². The molecular formula is C34H33Cl2NO4. The average molecular weight is 591 g/mol. The minimum Gasteiger partial charge on any atom is -0.466 e. The number of rotatable bonds is 11. The fraction of sp³-hybridized carbons (Fsp3) is 0.294. The lowest BCUT2D eigenvalue weighted by Crippen LogP contribution is -2.15. The summed E-state index contributed by atoms with van der Waals surface area (Å²) in [4.78, 5) is 12.1. The first-order chi connectivity index (χ1) is 19.8. The van der Waals surface area contributed by atoms with Gasteiger partial charge in [-0.3, -0.25) is 4.79 Å². The number of hydrogen-bond acceptors (Lipinski definition) is 5. The molecule has 0 amide bonds. The maximum absolute atomic E-state index is 12.1. The van der Waals surface area contributed by atoms with Gasteiger partial charge in [0.05, 0.1) is 40.4 Å². The largest absolute Gasteiger partial charge is 0.466 e. The smallest absolute Gasteiger partial charge is 0.306 e. The van der Waals surface area contributed by atoms with E-state index in [4.69, 9.17) is 32.5 Å². The van der Waals surface area contributed by atoms with E-state index in [1.165, 1.54) is 5.56 Å². The summed E-state index contributed by atoms with van der Waals surface area (Å²) < 4.78 is 10.8. The molecule has 5 rings (SSSR count). The summed E-state index contributed by atoms with van der Waals surface area (Å²) in [5, 5.41) is 16.2. The van der Waals surface area contributed by atoms with Crippen LogP contribution >= 0.6 is 23.2 Å². The van der Waals surface area contributed by atoms with Gasteiger partial charge in [0.15, 0.2) is 5.76 Å². The second-order valence-electron chi connectivity index (χ2n) is 10.6. The molecule has 1 fully saturated rings. The van der Waals surface area contributed by atoms with E-state index in [0.717, 1.165) is 35.1 Å². The first-order valence-corrected chi connectivity index (χ1v) is 14.7. The Labute approximate surface area is 250 Å². The van der Waals surface area contributed by atoms with Crippen molar-refractivity contribution in [3.05, 3.63) is 105 Å². The van der Waals surface area contributed by atoms with E-state index in [2.05, 4.69) is 29.4 Å². The predicted octanol–water partition coefficient (Wildman–Crippen LogP) is 9.14. The molecule has 0 bridgehead atoms. The molecule has 1 heterocycles. The quantitative estimate of drug-likeness (QED) is 0.176. The molecule has 0 saturated heterocycles. The van der Waals surface area contributed by atoms with E-state index in [0.29, 0.717) is 52.9 Å². The average Bonchev–Trinajstić information content (AvgIpc) is 3.65. The van der Waals surface area contributed by atoms with E-state index in [1.54, 1.807) is 6.07 Å². The van der Waals surface area contributed by atoms with Crippen LogP contribution in [0.1, 0.15) is 67.5 Å². The molecule has 0 aliphatic heterocycles. The van der Waals surface area contributed by atoms with Gasteiger partial charge in [-0.05, 0) is 73.9 Å². The maximum atomic E-state index is 12.1. The number of aliphatic hydroxyl groups is 1. The topological polar surface area (TPSA) is 72.6 Å². The van der Waals surface area contributed by atoms with Gasteiger partial charge in [-0.1, -0.05) is 95.1 Å². The summed E-state index contributed by atoms with van der Waals surface area (Å²) in [5.41, 5.74) is 6.48. The van der Waals surface area contributed by atoms with Crippen LogP contribution in [0.4, 0.5) is 0 Å². The Morgan fingerprint density at radius 2 is 1.68 bits per heavy atom. The predicted molar refractivity (Wildman–Crippen MR) is 164 cm³/mol. The lowest BCUT2D eigenvalue weighted by atomic mass is 9.90. The van der Waals surface area contributed by atoms with Gasteiger partial charge in [0, 0.05) is 11.0 Å². The first-order valence-electron chi connectivity index (χ1n) is 13.9. The Morgan fingerprint density at radius 3 is 2.32 bits per heavy atom. The number of carbonyl (C=O) groups is 1. The monoisotopic (exact) mass is 589 g/mol. The van der Waals surface area contributed by atoms with Crippen LogP contribution in [-0.2, 0) is 14.9 Å². The highest BCUT2D eigenvalue weighted by Gasteiger charge is 2.46. The van der Waals surface area contributed by atoms with Crippen molar-refractivity contribution in [3.63, 3.8) is 0 Å². The molecule has 1 unspecified atom stereocenters. The van der Waals surface area contributed by atoms with Gasteiger partial charge < -0.3 is 14.4 Å². The highest BCUT2D eigenvalue weighted by atomic mass is 35.5. The molecule has 1 saturated carbocycles. The standard InChI is InChI=1S/C34H33Cl2NO4/c1-3-40-31(39)21-34(18-19-34)27-15-13-25(14-16-27)24-9-11-26(12-10-24)33-32(22(2)37-41-33)30(38)7-5-4-6-23-8-17-28(35)29(36)20-23/h4,6,8-17,20,30,38H,3,5,7,18-19,21H2,1-2H3/b6-4+. The molecule has 41 heavy (non-hydrogen) atoms. The van der Waals surface area contributed by atoms with Crippen molar-refractivity contribution in [2.75, 3.05) is 6.61 Å². The number of halogens is 2. The number of aliphatic hydroxyl groups excluding tert-OH is 1. The molecule has 5 nitrogen and oxygen atoms in total. The molecule has 4 aromatic rings. The first kappa shape index (κ1) is 29.1. The van der Waals surface area contributed by atoms with Crippen molar-refractivity contribution in [3.8, 4) is 22.5 Å². The molecule has 0 spiro atoms. The lowest BCUT2D eigenvalue weighted by molar-refractivity contribution is -0.143. The van der Waals surface area contributed by atoms with Gasteiger partial charge in [0.25, 0.3) is 0 Å². The Bertz CT molecular complexity index is 1540. The number of allylic oxidation sites excluding steroid dienone is 1. The van der Waals surface area contributed by atoms with Crippen LogP contribution in [0.25, 0.3) is 28.5 Å². The van der Waals surface area contributed by atoms with E-state index in [-0.39, 0.29) is 11.4 Å². The Hall–Kier alpha value is -3.38. The Balaban J connectivity index is 1.24. The molecule has 0 radical (unpaired) electrons. The Morgan fingerprint density at radius 1 is 1.02 bits per heavy atom. The fourth-order valence-corrected chi connectivity index (χ4v) is 5.55. The van der Waals surface area contributed by atoms with Crippen molar-refractivity contribution in [2.24, 2.45) is 0 Å². The minimum absolute atomic E-state index is 0.0740. The second-order valence-corrected chi connectivity index (χ2v) is 11.4. The van der Waals surface area contributed by atoms with Crippen LogP contribution < -0.4 is 0 Å². The van der Waals surface area contributed by atoms with Crippen LogP contribution in [0.2, 0.25) is 10.0 Å². The number of benzene rings is 3. The summed E-state index contributed by atoms with van der Waals surface area (Å²) in [6, 6.07) is 22.0. The highest BCUT2D eigenvalue weighted by Crippen LogP contribution is 2.51. The van der Waals surface area contributed by atoms with Gasteiger partial charge in [-0.25, -0.2) is 0 Å². The van der Waals surface area contributed by atoms with Crippen molar-refractivity contribution in [2.45, 2.75) is 57.5 Å². The molecule has 1 aliphatic carbocycles. The summed E-state index contributed by atoms with van der Waals surface area (Å²) in [5.74, 6) is 0.455. The Kier molecular flexibility index (Phi) is 8.98. The highest BCUT2D eigenvalue weighted by molar-refractivity contribution is 6.42. The molecule has 1 aliphatic rings. The summed E-state index contributed by atoms with van der Waals surface area (Å²) >= 11 is 12.1.